The first-order chi connectivity index (χ1) is 11.7. The summed E-state index contributed by atoms with van der Waals surface area (Å²) in [5.74, 6) is 1.37. The quantitative estimate of drug-likeness (QED) is 0.418. The maximum Gasteiger partial charge on any atom is 0.335 e. The molecule has 0 bridgehead atoms. The predicted octanol–water partition coefficient (Wildman–Crippen LogP) is 4.77. The smallest absolute Gasteiger partial charge is 0.335 e. The minimum atomic E-state index is -0.506. The average Bonchev–Trinajstić information content (AvgIpc) is 2.64. The van der Waals surface area contributed by atoms with Crippen LogP contribution < -0.4 is 14.8 Å². The fourth-order valence-electron chi connectivity index (χ4n) is 2.45. The van der Waals surface area contributed by atoms with Gasteiger partial charge in [-0.2, -0.15) is 0 Å². The van der Waals surface area contributed by atoms with Crippen molar-refractivity contribution in [2.75, 3.05) is 12.4 Å². The molecule has 0 radical (unpaired) electrons. The van der Waals surface area contributed by atoms with E-state index in [1.165, 1.54) is 0 Å². The number of nitrogens with one attached hydrogen (secondary N) is 1. The number of carbonyl (C=O) groups excluding carboxylic acids is 1. The first-order valence-corrected chi connectivity index (χ1v) is 7.53. The van der Waals surface area contributed by atoms with E-state index < -0.39 is 5.97 Å². The molecule has 0 unspecified atom stereocenters. The van der Waals surface area contributed by atoms with Gasteiger partial charge in [-0.1, -0.05) is 49.0 Å². The first-order valence-electron chi connectivity index (χ1n) is 7.53. The molecule has 3 aromatic rings. The van der Waals surface area contributed by atoms with E-state index in [9.17, 15) is 4.79 Å². The van der Waals surface area contributed by atoms with Crippen molar-refractivity contribution in [2.24, 2.45) is 0 Å². The number of carbonyl (C=O) groups is 1. The number of hydrogen-bond donors (Lipinski definition) is 1. The SMILES string of the molecule is C=CC(=O)Oc1c(NC)cc(Oc2ccccc2)c2ccccc12. The normalized spacial score (nSPS) is 10.2. The van der Waals surface area contributed by atoms with E-state index >= 15 is 0 Å². The van der Waals surface area contributed by atoms with E-state index in [0.717, 1.165) is 22.6 Å². The summed E-state index contributed by atoms with van der Waals surface area (Å²) < 4.78 is 11.4. The molecule has 1 N–H and O–H groups in total. The van der Waals surface area contributed by atoms with Crippen molar-refractivity contribution in [2.45, 2.75) is 0 Å². The maximum absolute atomic E-state index is 11.7. The lowest BCUT2D eigenvalue weighted by Gasteiger charge is -2.16. The number of anilines is 1. The molecule has 0 saturated carbocycles. The van der Waals surface area contributed by atoms with Gasteiger partial charge < -0.3 is 14.8 Å². The number of esters is 1. The first kappa shape index (κ1) is 15.6. The second-order valence-corrected chi connectivity index (χ2v) is 5.09. The molecule has 4 heteroatoms. The van der Waals surface area contributed by atoms with Crippen LogP contribution in [0.3, 0.4) is 0 Å². The molecule has 24 heavy (non-hydrogen) atoms. The molecule has 0 aromatic heterocycles. The zero-order valence-corrected chi connectivity index (χ0v) is 13.3. The molecule has 0 atom stereocenters. The number of ether oxygens (including phenoxy) is 2. The minimum absolute atomic E-state index is 0.457. The van der Waals surface area contributed by atoms with E-state index in [-0.39, 0.29) is 0 Å². The van der Waals surface area contributed by atoms with Crippen molar-refractivity contribution in [3.63, 3.8) is 0 Å². The van der Waals surface area contributed by atoms with E-state index in [1.54, 1.807) is 7.05 Å². The summed E-state index contributed by atoms with van der Waals surface area (Å²) in [4.78, 5) is 11.7. The Hall–Kier alpha value is -3.27. The highest BCUT2D eigenvalue weighted by molar-refractivity contribution is 6.00. The van der Waals surface area contributed by atoms with Crippen LogP contribution in [-0.4, -0.2) is 13.0 Å². The van der Waals surface area contributed by atoms with Crippen molar-refractivity contribution in [1.82, 2.24) is 0 Å². The largest absolute Gasteiger partial charge is 0.457 e. The standard InChI is InChI=1S/C20H17NO3/c1-3-19(22)24-20-16-12-8-7-11-15(16)18(13-17(20)21-2)23-14-9-5-4-6-10-14/h3-13,21H,1H2,2H3. The summed E-state index contributed by atoms with van der Waals surface area (Å²) in [5.41, 5.74) is 0.662. The zero-order chi connectivity index (χ0) is 16.9. The molecular formula is C20H17NO3. The van der Waals surface area contributed by atoms with Crippen molar-refractivity contribution < 1.29 is 14.3 Å². The zero-order valence-electron chi connectivity index (χ0n) is 13.3. The summed E-state index contributed by atoms with van der Waals surface area (Å²) >= 11 is 0. The molecule has 4 nitrogen and oxygen atoms in total. The van der Waals surface area contributed by atoms with Crippen LogP contribution in [0.4, 0.5) is 5.69 Å². The van der Waals surface area contributed by atoms with Gasteiger partial charge in [0.15, 0.2) is 5.75 Å². The van der Waals surface area contributed by atoms with Gasteiger partial charge in [0.2, 0.25) is 0 Å². The van der Waals surface area contributed by atoms with E-state index in [0.29, 0.717) is 17.2 Å². The third-order valence-corrected chi connectivity index (χ3v) is 3.57. The Bertz CT molecular complexity index is 888. The highest BCUT2D eigenvalue weighted by atomic mass is 16.5. The van der Waals surface area contributed by atoms with Gasteiger partial charge >= 0.3 is 5.97 Å². The van der Waals surface area contributed by atoms with Gasteiger partial charge in [-0.15, -0.1) is 0 Å². The minimum Gasteiger partial charge on any atom is -0.457 e. The Morgan fingerprint density at radius 3 is 2.38 bits per heavy atom. The molecule has 0 aliphatic carbocycles. The van der Waals surface area contributed by atoms with Gasteiger partial charge in [0.05, 0.1) is 5.69 Å². The lowest BCUT2D eigenvalue weighted by molar-refractivity contribution is -0.128. The molecule has 3 aromatic carbocycles. The Morgan fingerprint density at radius 1 is 1.04 bits per heavy atom. The van der Waals surface area contributed by atoms with Crippen LogP contribution in [-0.2, 0) is 4.79 Å². The Balaban J connectivity index is 2.16. The summed E-state index contributed by atoms with van der Waals surface area (Å²) in [7, 11) is 1.77. The van der Waals surface area contributed by atoms with E-state index in [2.05, 4.69) is 11.9 Å². The van der Waals surface area contributed by atoms with Crippen LogP contribution in [0.2, 0.25) is 0 Å². The van der Waals surface area contributed by atoms with Crippen LogP contribution >= 0.6 is 0 Å². The number of para-hydroxylation sites is 1. The van der Waals surface area contributed by atoms with E-state index in [1.807, 2.05) is 60.7 Å². The Labute approximate surface area is 140 Å². The molecule has 0 heterocycles. The number of hydrogen-bond acceptors (Lipinski definition) is 4. The van der Waals surface area contributed by atoms with Crippen LogP contribution in [0.25, 0.3) is 10.8 Å². The lowest BCUT2D eigenvalue weighted by Crippen LogP contribution is -2.06. The van der Waals surface area contributed by atoms with Crippen LogP contribution in [0, 0.1) is 0 Å². The van der Waals surface area contributed by atoms with Crippen LogP contribution in [0.15, 0.2) is 73.3 Å². The fourth-order valence-corrected chi connectivity index (χ4v) is 2.45. The second kappa shape index (κ2) is 6.87. The van der Waals surface area contributed by atoms with Crippen LogP contribution in [0.1, 0.15) is 0 Å². The number of fused-ring (bicyclic) bond motifs is 1. The fraction of sp³-hybridized carbons (Fsp3) is 0.0500. The van der Waals surface area contributed by atoms with Gasteiger partial charge in [0.25, 0.3) is 0 Å². The molecular weight excluding hydrogens is 302 g/mol. The third-order valence-electron chi connectivity index (χ3n) is 3.57. The van der Waals surface area contributed by atoms with Crippen molar-refractivity contribution in [3.05, 3.63) is 73.3 Å². The number of rotatable bonds is 5. The van der Waals surface area contributed by atoms with Gasteiger partial charge in [-0.05, 0) is 12.1 Å². The van der Waals surface area contributed by atoms with E-state index in [4.69, 9.17) is 9.47 Å². The molecule has 0 fully saturated rings. The summed E-state index contributed by atoms with van der Waals surface area (Å²) in [6.07, 6.45) is 1.14. The maximum atomic E-state index is 11.7. The lowest BCUT2D eigenvalue weighted by atomic mass is 10.1. The highest BCUT2D eigenvalue weighted by Gasteiger charge is 2.16. The molecule has 0 amide bonds. The molecule has 0 aliphatic rings. The third kappa shape index (κ3) is 3.08. The topological polar surface area (TPSA) is 47.6 Å². The monoisotopic (exact) mass is 319 g/mol. The summed E-state index contributed by atoms with van der Waals surface area (Å²) in [6.45, 7) is 3.45. The van der Waals surface area contributed by atoms with Crippen molar-refractivity contribution in [1.29, 1.82) is 0 Å². The van der Waals surface area contributed by atoms with Gasteiger partial charge in [0.1, 0.15) is 11.5 Å². The summed E-state index contributed by atoms with van der Waals surface area (Å²) in [6, 6.07) is 19.0. The molecule has 3 rings (SSSR count). The molecule has 120 valence electrons. The predicted molar refractivity (Wildman–Crippen MR) is 95.8 cm³/mol. The van der Waals surface area contributed by atoms with Crippen LogP contribution in [0.5, 0.6) is 17.2 Å². The molecule has 0 spiro atoms. The van der Waals surface area contributed by atoms with Gasteiger partial charge in [0, 0.05) is 30.0 Å². The molecule has 0 saturated heterocycles. The average molecular weight is 319 g/mol. The molecule has 0 aliphatic heterocycles. The Kier molecular flexibility index (Phi) is 4.47. The van der Waals surface area contributed by atoms with Crippen molar-refractivity contribution in [3.8, 4) is 17.2 Å². The van der Waals surface area contributed by atoms with Gasteiger partial charge in [-0.25, -0.2) is 4.79 Å². The second-order valence-electron chi connectivity index (χ2n) is 5.09. The Morgan fingerprint density at radius 2 is 1.71 bits per heavy atom. The number of benzene rings is 3. The van der Waals surface area contributed by atoms with Crippen molar-refractivity contribution >= 4 is 22.4 Å². The van der Waals surface area contributed by atoms with Gasteiger partial charge in [-0.3, -0.25) is 0 Å². The highest BCUT2D eigenvalue weighted by Crippen LogP contribution is 2.41. The summed E-state index contributed by atoms with van der Waals surface area (Å²) in [5, 5.41) is 4.69.